The summed E-state index contributed by atoms with van der Waals surface area (Å²) < 4.78 is 4.65. The first kappa shape index (κ1) is 27.9. The number of esters is 2. The minimum atomic E-state index is -0.606. The number of hydrogen-bond donors (Lipinski definition) is 0. The Morgan fingerprint density at radius 3 is 1.38 bits per heavy atom. The first-order chi connectivity index (χ1) is 12.1. The zero-order valence-electron chi connectivity index (χ0n) is 16.7. The standard InChI is InChI=1S/C22H40O3.Mg.2H/c1-4-5-6-7-8-9-10-11-12-13-14-15-16-17-18-19-21(23)25-22(24)20(2)3;;;/h2,4-19H2,1,3H3;;;. The lowest BCUT2D eigenvalue weighted by atomic mass is 10.0. The van der Waals surface area contributed by atoms with Gasteiger partial charge >= 0.3 is 35.0 Å². The highest BCUT2D eigenvalue weighted by Gasteiger charge is 2.10. The molecule has 0 aliphatic heterocycles. The lowest BCUT2D eigenvalue weighted by molar-refractivity contribution is -0.156. The van der Waals surface area contributed by atoms with E-state index in [0.717, 1.165) is 12.8 Å². The van der Waals surface area contributed by atoms with E-state index >= 15 is 0 Å². The highest BCUT2D eigenvalue weighted by molar-refractivity contribution is 5.95. The fraction of sp³-hybridized carbons (Fsp3) is 0.818. The molecule has 0 bridgehead atoms. The van der Waals surface area contributed by atoms with Crippen LogP contribution in [0.5, 0.6) is 0 Å². The Hall–Kier alpha value is -0.354. The van der Waals surface area contributed by atoms with Crippen LogP contribution in [0.15, 0.2) is 12.2 Å². The van der Waals surface area contributed by atoms with E-state index in [-0.39, 0.29) is 28.6 Å². The van der Waals surface area contributed by atoms with Crippen LogP contribution in [0.2, 0.25) is 0 Å². The largest absolute Gasteiger partial charge is 0.390 e. The fourth-order valence-corrected chi connectivity index (χ4v) is 2.88. The van der Waals surface area contributed by atoms with E-state index in [1.54, 1.807) is 6.92 Å². The molecule has 0 aromatic carbocycles. The zero-order valence-corrected chi connectivity index (χ0v) is 16.7. The topological polar surface area (TPSA) is 43.4 Å². The van der Waals surface area contributed by atoms with Crippen LogP contribution in [-0.4, -0.2) is 35.0 Å². The molecule has 0 N–H and O–H groups in total. The Kier molecular flexibility index (Phi) is 22.5. The number of carbonyl (C=O) groups excluding carboxylic acids is 2. The zero-order chi connectivity index (χ0) is 18.8. The van der Waals surface area contributed by atoms with Crippen LogP contribution in [0.25, 0.3) is 0 Å². The Morgan fingerprint density at radius 2 is 1.04 bits per heavy atom. The van der Waals surface area contributed by atoms with Crippen molar-refractivity contribution < 1.29 is 14.3 Å². The minimum absolute atomic E-state index is 0. The molecule has 0 fully saturated rings. The van der Waals surface area contributed by atoms with Gasteiger partial charge < -0.3 is 4.74 Å². The van der Waals surface area contributed by atoms with Gasteiger partial charge in [-0.15, -0.1) is 0 Å². The third-order valence-electron chi connectivity index (χ3n) is 4.54. The monoisotopic (exact) mass is 378 g/mol. The molecular formula is C22H42MgO3. The summed E-state index contributed by atoms with van der Waals surface area (Å²) in [4.78, 5) is 22.6. The van der Waals surface area contributed by atoms with Crippen LogP contribution in [0.4, 0.5) is 0 Å². The van der Waals surface area contributed by atoms with Crippen molar-refractivity contribution in [3.05, 3.63) is 12.2 Å². The molecule has 0 aliphatic rings. The van der Waals surface area contributed by atoms with Crippen molar-refractivity contribution in [2.24, 2.45) is 0 Å². The van der Waals surface area contributed by atoms with Gasteiger partial charge in [-0.3, -0.25) is 4.79 Å². The molecule has 0 heterocycles. The van der Waals surface area contributed by atoms with Gasteiger partial charge in [0.05, 0.1) is 0 Å². The van der Waals surface area contributed by atoms with E-state index in [1.165, 1.54) is 83.5 Å². The molecule has 0 rings (SSSR count). The number of hydrogen-bond acceptors (Lipinski definition) is 3. The van der Waals surface area contributed by atoms with Gasteiger partial charge in [0, 0.05) is 12.0 Å². The van der Waals surface area contributed by atoms with Crippen molar-refractivity contribution in [3.63, 3.8) is 0 Å². The Balaban J connectivity index is 0. The Labute approximate surface area is 177 Å². The summed E-state index contributed by atoms with van der Waals surface area (Å²) in [5, 5.41) is 0. The lowest BCUT2D eigenvalue weighted by Gasteiger charge is -2.04. The van der Waals surface area contributed by atoms with Gasteiger partial charge in [-0.1, -0.05) is 103 Å². The van der Waals surface area contributed by atoms with Crippen molar-refractivity contribution in [3.8, 4) is 0 Å². The molecule has 0 saturated heterocycles. The van der Waals surface area contributed by atoms with E-state index < -0.39 is 11.9 Å². The van der Waals surface area contributed by atoms with Crippen molar-refractivity contribution in [1.29, 1.82) is 0 Å². The molecule has 0 radical (unpaired) electrons. The maximum atomic E-state index is 11.4. The third-order valence-corrected chi connectivity index (χ3v) is 4.54. The van der Waals surface area contributed by atoms with Crippen LogP contribution < -0.4 is 0 Å². The van der Waals surface area contributed by atoms with E-state index in [9.17, 15) is 9.59 Å². The molecule has 0 saturated carbocycles. The SMILES string of the molecule is C=C(C)C(=O)OC(=O)CCCCCCCCCCCCCCCCC.[MgH2]. The quantitative estimate of drug-likeness (QED) is 0.103. The second-order valence-corrected chi connectivity index (χ2v) is 7.24. The van der Waals surface area contributed by atoms with Crippen molar-refractivity contribution in [1.82, 2.24) is 0 Å². The van der Waals surface area contributed by atoms with Gasteiger partial charge in [0.15, 0.2) is 0 Å². The first-order valence-electron chi connectivity index (χ1n) is 10.5. The van der Waals surface area contributed by atoms with Gasteiger partial charge in [0.1, 0.15) is 0 Å². The Bertz CT molecular complexity index is 366. The van der Waals surface area contributed by atoms with Crippen LogP contribution in [0.3, 0.4) is 0 Å². The summed E-state index contributed by atoms with van der Waals surface area (Å²) in [6.07, 6.45) is 19.8. The molecule has 0 atom stereocenters. The molecule has 0 aromatic heterocycles. The van der Waals surface area contributed by atoms with Gasteiger partial charge in [-0.2, -0.15) is 0 Å². The first-order valence-corrected chi connectivity index (χ1v) is 10.5. The van der Waals surface area contributed by atoms with E-state index in [2.05, 4.69) is 18.2 Å². The smallest absolute Gasteiger partial charge is 0.340 e. The summed E-state index contributed by atoms with van der Waals surface area (Å²) in [6.45, 7) is 7.27. The second-order valence-electron chi connectivity index (χ2n) is 7.24. The highest BCUT2D eigenvalue weighted by Crippen LogP contribution is 2.13. The highest BCUT2D eigenvalue weighted by atomic mass is 24.3. The van der Waals surface area contributed by atoms with Crippen molar-refractivity contribution >= 4 is 35.0 Å². The van der Waals surface area contributed by atoms with Crippen molar-refractivity contribution in [2.45, 2.75) is 117 Å². The average Bonchev–Trinajstić information content (AvgIpc) is 2.58. The maximum absolute atomic E-state index is 11.4. The molecule has 0 aliphatic carbocycles. The molecule has 0 aromatic rings. The predicted octanol–water partition coefficient (Wildman–Crippen LogP) is 5.98. The third kappa shape index (κ3) is 20.0. The minimum Gasteiger partial charge on any atom is -0.390 e. The lowest BCUT2D eigenvalue weighted by Crippen LogP contribution is -2.12. The molecule has 0 amide bonds. The summed E-state index contributed by atoms with van der Waals surface area (Å²) in [5.41, 5.74) is 0.268. The van der Waals surface area contributed by atoms with E-state index in [0.29, 0.717) is 6.42 Å². The predicted molar refractivity (Wildman–Crippen MR) is 114 cm³/mol. The number of unbranched alkanes of at least 4 members (excludes halogenated alkanes) is 14. The number of ether oxygens (including phenoxy) is 1. The maximum Gasteiger partial charge on any atom is 0.340 e. The molecule has 0 spiro atoms. The van der Waals surface area contributed by atoms with Gasteiger partial charge in [0.2, 0.25) is 0 Å². The average molecular weight is 379 g/mol. The fourth-order valence-electron chi connectivity index (χ4n) is 2.88. The molecule has 0 unspecified atom stereocenters. The van der Waals surface area contributed by atoms with Crippen LogP contribution >= 0.6 is 0 Å². The van der Waals surface area contributed by atoms with Gasteiger partial charge in [-0.05, 0) is 13.3 Å². The molecule has 4 heteroatoms. The Morgan fingerprint density at radius 1 is 0.692 bits per heavy atom. The van der Waals surface area contributed by atoms with E-state index in [4.69, 9.17) is 0 Å². The van der Waals surface area contributed by atoms with Crippen LogP contribution in [0, 0.1) is 0 Å². The van der Waals surface area contributed by atoms with Gasteiger partial charge in [0.25, 0.3) is 0 Å². The summed E-state index contributed by atoms with van der Waals surface area (Å²) in [5.74, 6) is -1.03. The molecule has 150 valence electrons. The summed E-state index contributed by atoms with van der Waals surface area (Å²) in [6, 6.07) is 0. The van der Waals surface area contributed by atoms with Crippen molar-refractivity contribution in [2.75, 3.05) is 0 Å². The van der Waals surface area contributed by atoms with Crippen LogP contribution in [0.1, 0.15) is 117 Å². The van der Waals surface area contributed by atoms with E-state index in [1.807, 2.05) is 0 Å². The number of rotatable bonds is 17. The van der Waals surface area contributed by atoms with Gasteiger partial charge in [-0.25, -0.2) is 4.79 Å². The molecule has 26 heavy (non-hydrogen) atoms. The molecular weight excluding hydrogens is 337 g/mol. The molecule has 3 nitrogen and oxygen atoms in total. The number of carbonyl (C=O) groups is 2. The summed E-state index contributed by atoms with van der Waals surface area (Å²) >= 11 is 0. The normalized spacial score (nSPS) is 10.2. The summed E-state index contributed by atoms with van der Waals surface area (Å²) in [7, 11) is 0. The van der Waals surface area contributed by atoms with Crippen LogP contribution in [-0.2, 0) is 14.3 Å². The second kappa shape index (κ2) is 21.0.